The first-order chi connectivity index (χ1) is 6.96. The smallest absolute Gasteiger partial charge is 0.154 e. The molecule has 0 radical (unpaired) electrons. The van der Waals surface area contributed by atoms with Crippen LogP contribution in [0.3, 0.4) is 0 Å². The number of nitrogens with zero attached hydrogens (tertiary/aromatic N) is 1. The third-order valence-corrected chi connectivity index (χ3v) is 6.46. The fourth-order valence-electron chi connectivity index (χ4n) is 1.43. The molecule has 1 aromatic rings. The Labute approximate surface area is 96.7 Å². The van der Waals surface area contributed by atoms with Gasteiger partial charge < -0.3 is 5.11 Å². The fraction of sp³-hybridized carbons (Fsp3) is 0.625. The highest BCUT2D eigenvalue weighted by Crippen LogP contribution is 2.32. The van der Waals surface area contributed by atoms with Crippen molar-refractivity contribution in [3.05, 3.63) is 11.1 Å². The van der Waals surface area contributed by atoms with Crippen molar-refractivity contribution in [2.24, 2.45) is 0 Å². The molecule has 2 heterocycles. The first kappa shape index (κ1) is 11.4. The molecule has 7 heteroatoms. The molecule has 4 nitrogen and oxygen atoms in total. The standard InChI is InChI=1S/C8H11NO3S3/c1-5-2-13-8(9-5)14-7-4-15(11,12)3-6(7)10/h2,6-7,10H,3-4H2,1H3. The van der Waals surface area contributed by atoms with Crippen LogP contribution in [0.4, 0.5) is 0 Å². The Morgan fingerprint density at radius 3 is 2.80 bits per heavy atom. The number of aliphatic hydroxyl groups excluding tert-OH is 1. The van der Waals surface area contributed by atoms with E-state index in [0.29, 0.717) is 0 Å². The molecule has 0 saturated carbocycles. The molecule has 84 valence electrons. The molecule has 1 N–H and O–H groups in total. The lowest BCUT2D eigenvalue weighted by molar-refractivity contribution is 0.207. The molecule has 1 saturated heterocycles. The van der Waals surface area contributed by atoms with Gasteiger partial charge in [0.25, 0.3) is 0 Å². The van der Waals surface area contributed by atoms with Crippen LogP contribution in [-0.2, 0) is 9.84 Å². The number of thioether (sulfide) groups is 1. The molecule has 1 aliphatic rings. The minimum Gasteiger partial charge on any atom is -0.391 e. The van der Waals surface area contributed by atoms with Crippen LogP contribution >= 0.6 is 23.1 Å². The van der Waals surface area contributed by atoms with Gasteiger partial charge in [0.05, 0.1) is 22.9 Å². The number of aryl methyl sites for hydroxylation is 1. The Kier molecular flexibility index (Phi) is 3.07. The Morgan fingerprint density at radius 2 is 2.33 bits per heavy atom. The highest BCUT2D eigenvalue weighted by Gasteiger charge is 2.37. The molecule has 2 unspecified atom stereocenters. The van der Waals surface area contributed by atoms with E-state index in [1.807, 2.05) is 12.3 Å². The summed E-state index contributed by atoms with van der Waals surface area (Å²) >= 11 is 2.85. The maximum atomic E-state index is 11.3. The lowest BCUT2D eigenvalue weighted by Crippen LogP contribution is -2.19. The van der Waals surface area contributed by atoms with Crippen LogP contribution in [0.5, 0.6) is 0 Å². The van der Waals surface area contributed by atoms with E-state index >= 15 is 0 Å². The molecule has 0 aliphatic carbocycles. The van der Waals surface area contributed by atoms with Gasteiger partial charge in [-0.3, -0.25) is 0 Å². The van der Waals surface area contributed by atoms with Crippen LogP contribution in [0.1, 0.15) is 5.69 Å². The minimum absolute atomic E-state index is 0.0530. The molecule has 1 aliphatic heterocycles. The molecule has 0 aromatic carbocycles. The lowest BCUT2D eigenvalue weighted by atomic mass is 10.3. The monoisotopic (exact) mass is 265 g/mol. The van der Waals surface area contributed by atoms with Crippen molar-refractivity contribution in [2.75, 3.05) is 11.5 Å². The van der Waals surface area contributed by atoms with Gasteiger partial charge in [-0.05, 0) is 6.92 Å². The minimum atomic E-state index is -3.05. The second-order valence-corrected chi connectivity index (χ2v) is 8.05. The zero-order valence-corrected chi connectivity index (χ0v) is 10.5. The Hall–Kier alpha value is -0.110. The second-order valence-electron chi connectivity index (χ2n) is 3.56. The van der Waals surface area contributed by atoms with Crippen LogP contribution < -0.4 is 0 Å². The highest BCUT2D eigenvalue weighted by atomic mass is 32.2. The molecule has 2 rings (SSSR count). The number of thiazole rings is 1. The summed E-state index contributed by atoms with van der Waals surface area (Å²) in [6, 6.07) is 0. The van der Waals surface area contributed by atoms with Crippen LogP contribution in [-0.4, -0.2) is 41.4 Å². The number of sulfone groups is 1. The van der Waals surface area contributed by atoms with Gasteiger partial charge in [-0.15, -0.1) is 11.3 Å². The number of rotatable bonds is 2. The molecule has 2 atom stereocenters. The van der Waals surface area contributed by atoms with Gasteiger partial charge in [-0.1, -0.05) is 11.8 Å². The number of hydrogen-bond acceptors (Lipinski definition) is 6. The van der Waals surface area contributed by atoms with E-state index in [0.717, 1.165) is 10.0 Å². The number of aliphatic hydroxyl groups is 1. The summed E-state index contributed by atoms with van der Waals surface area (Å²) < 4.78 is 23.3. The van der Waals surface area contributed by atoms with Crippen molar-refractivity contribution in [1.29, 1.82) is 0 Å². The van der Waals surface area contributed by atoms with Gasteiger partial charge in [-0.2, -0.15) is 0 Å². The molecule has 15 heavy (non-hydrogen) atoms. The van der Waals surface area contributed by atoms with Gasteiger partial charge in [0.2, 0.25) is 0 Å². The van der Waals surface area contributed by atoms with E-state index in [9.17, 15) is 13.5 Å². The fourth-order valence-corrected chi connectivity index (χ4v) is 6.02. The van der Waals surface area contributed by atoms with Crippen molar-refractivity contribution in [3.63, 3.8) is 0 Å². The first-order valence-electron chi connectivity index (χ1n) is 4.43. The highest BCUT2D eigenvalue weighted by molar-refractivity contribution is 8.03. The molecule has 0 bridgehead atoms. The maximum absolute atomic E-state index is 11.3. The zero-order valence-electron chi connectivity index (χ0n) is 8.08. The summed E-state index contributed by atoms with van der Waals surface area (Å²) in [5, 5.41) is 11.2. The maximum Gasteiger partial charge on any atom is 0.154 e. The molecule has 0 spiro atoms. The van der Waals surface area contributed by atoms with Gasteiger partial charge in [-0.25, -0.2) is 13.4 Å². The molecule has 1 aromatic heterocycles. The Bertz CT molecular complexity index is 453. The Morgan fingerprint density at radius 1 is 1.60 bits per heavy atom. The number of aromatic nitrogens is 1. The topological polar surface area (TPSA) is 67.3 Å². The lowest BCUT2D eigenvalue weighted by Gasteiger charge is -2.08. The largest absolute Gasteiger partial charge is 0.391 e. The summed E-state index contributed by atoms with van der Waals surface area (Å²) in [6.45, 7) is 1.89. The zero-order chi connectivity index (χ0) is 11.1. The Balaban J connectivity index is 2.08. The number of hydrogen-bond donors (Lipinski definition) is 1. The quantitative estimate of drug-likeness (QED) is 0.852. The van der Waals surface area contributed by atoms with E-state index < -0.39 is 15.9 Å². The average molecular weight is 265 g/mol. The van der Waals surface area contributed by atoms with Crippen molar-refractivity contribution in [2.45, 2.75) is 22.6 Å². The van der Waals surface area contributed by atoms with Crippen molar-refractivity contribution < 1.29 is 13.5 Å². The second kappa shape index (κ2) is 4.04. The molecular weight excluding hydrogens is 254 g/mol. The molecule has 1 fully saturated rings. The van der Waals surface area contributed by atoms with E-state index in [-0.39, 0.29) is 16.8 Å². The molecular formula is C8H11NO3S3. The summed E-state index contributed by atoms with van der Waals surface area (Å²) in [5.41, 5.74) is 0.929. The predicted molar refractivity (Wildman–Crippen MR) is 61.2 cm³/mol. The van der Waals surface area contributed by atoms with Crippen molar-refractivity contribution >= 4 is 32.9 Å². The summed E-state index contributed by atoms with van der Waals surface area (Å²) in [4.78, 5) is 4.23. The predicted octanol–water partition coefficient (Wildman–Crippen LogP) is 0.702. The van der Waals surface area contributed by atoms with Crippen molar-refractivity contribution in [3.8, 4) is 0 Å². The summed E-state index contributed by atoms with van der Waals surface area (Å²) in [5.74, 6) is -0.0630. The van der Waals surface area contributed by atoms with Gasteiger partial charge in [0, 0.05) is 11.1 Å². The normalized spacial score (nSPS) is 29.5. The van der Waals surface area contributed by atoms with Crippen molar-refractivity contribution in [1.82, 2.24) is 4.98 Å². The van der Waals surface area contributed by atoms with Gasteiger partial charge in [0.15, 0.2) is 9.84 Å². The van der Waals surface area contributed by atoms with E-state index in [4.69, 9.17) is 0 Å². The van der Waals surface area contributed by atoms with E-state index in [1.165, 1.54) is 23.1 Å². The molecule has 0 amide bonds. The van der Waals surface area contributed by atoms with Crippen LogP contribution in [0.2, 0.25) is 0 Å². The average Bonchev–Trinajstić information content (AvgIpc) is 2.58. The SMILES string of the molecule is Cc1csc(SC2CS(=O)(=O)CC2O)n1. The van der Waals surface area contributed by atoms with E-state index in [1.54, 1.807) is 0 Å². The van der Waals surface area contributed by atoms with Gasteiger partial charge >= 0.3 is 0 Å². The van der Waals surface area contributed by atoms with Gasteiger partial charge in [0.1, 0.15) is 4.34 Å². The van der Waals surface area contributed by atoms with Crippen LogP contribution in [0.25, 0.3) is 0 Å². The summed E-state index contributed by atoms with van der Waals surface area (Å²) in [6.07, 6.45) is -0.760. The third-order valence-electron chi connectivity index (χ3n) is 2.12. The summed E-state index contributed by atoms with van der Waals surface area (Å²) in [7, 11) is -3.05. The third kappa shape index (κ3) is 2.72. The van der Waals surface area contributed by atoms with Crippen LogP contribution in [0.15, 0.2) is 9.72 Å². The van der Waals surface area contributed by atoms with Crippen LogP contribution in [0, 0.1) is 6.92 Å². The van der Waals surface area contributed by atoms with E-state index in [2.05, 4.69) is 4.98 Å². The first-order valence-corrected chi connectivity index (χ1v) is 8.01.